The maximum Gasteiger partial charge on any atom is 0.296 e. The van der Waals surface area contributed by atoms with E-state index in [4.69, 9.17) is 0 Å². The quantitative estimate of drug-likeness (QED) is 0.709. The Balaban J connectivity index is 2.49. The Morgan fingerprint density at radius 3 is 2.93 bits per heavy atom. The van der Waals surface area contributed by atoms with E-state index in [0.29, 0.717) is 16.8 Å². The number of H-pyrrole nitrogens is 1. The van der Waals surface area contributed by atoms with Gasteiger partial charge in [-0.2, -0.15) is 5.10 Å². The van der Waals surface area contributed by atoms with Gasteiger partial charge in [0.25, 0.3) is 11.7 Å². The molecule has 0 saturated heterocycles. The maximum absolute atomic E-state index is 11.5. The summed E-state index contributed by atoms with van der Waals surface area (Å²) in [6.07, 6.45) is 1.61. The van der Waals surface area contributed by atoms with Gasteiger partial charge < -0.3 is 5.32 Å². The smallest absolute Gasteiger partial charge is 0.296 e. The van der Waals surface area contributed by atoms with Crippen LogP contribution in [0.1, 0.15) is 10.4 Å². The van der Waals surface area contributed by atoms with E-state index in [-0.39, 0.29) is 0 Å². The Labute approximate surface area is 92.0 Å². The minimum Gasteiger partial charge on any atom is -0.318 e. The van der Waals surface area contributed by atoms with Crippen molar-refractivity contribution in [3.05, 3.63) is 22.3 Å². The van der Waals surface area contributed by atoms with E-state index in [1.54, 1.807) is 12.3 Å². The Morgan fingerprint density at radius 1 is 1.33 bits per heavy atom. The summed E-state index contributed by atoms with van der Waals surface area (Å²) in [5, 5.41) is 9.87. The third-order valence-corrected chi connectivity index (χ3v) is 3.02. The van der Waals surface area contributed by atoms with Crippen molar-refractivity contribution < 1.29 is 9.59 Å². The van der Waals surface area contributed by atoms with Crippen molar-refractivity contribution in [2.75, 3.05) is 5.32 Å². The van der Waals surface area contributed by atoms with Crippen molar-refractivity contribution in [3.63, 3.8) is 0 Å². The summed E-state index contributed by atoms with van der Waals surface area (Å²) in [7, 11) is 0. The summed E-state index contributed by atoms with van der Waals surface area (Å²) >= 11 is 3.35. The Kier molecular flexibility index (Phi) is 1.53. The van der Waals surface area contributed by atoms with Crippen LogP contribution in [0.2, 0.25) is 0 Å². The monoisotopic (exact) mass is 265 g/mol. The van der Waals surface area contributed by atoms with Gasteiger partial charge in [-0.15, -0.1) is 0 Å². The summed E-state index contributed by atoms with van der Waals surface area (Å²) < 4.78 is 0.792. The highest BCUT2D eigenvalue weighted by Crippen LogP contribution is 2.34. The molecule has 0 aliphatic carbocycles. The van der Waals surface area contributed by atoms with Crippen molar-refractivity contribution in [1.82, 2.24) is 10.2 Å². The molecule has 2 heterocycles. The molecule has 1 amide bonds. The predicted octanol–water partition coefficient (Wildman–Crippen LogP) is 1.46. The maximum atomic E-state index is 11.5. The number of nitrogens with zero attached hydrogens (tertiary/aromatic N) is 1. The molecule has 3 rings (SSSR count). The Hall–Kier alpha value is -1.69. The number of aromatic nitrogens is 2. The second-order valence-electron chi connectivity index (χ2n) is 3.22. The first kappa shape index (κ1) is 8.60. The van der Waals surface area contributed by atoms with Crippen LogP contribution < -0.4 is 5.32 Å². The third kappa shape index (κ3) is 0.992. The van der Waals surface area contributed by atoms with Gasteiger partial charge in [-0.05, 0) is 22.0 Å². The lowest BCUT2D eigenvalue weighted by Crippen LogP contribution is -2.12. The normalized spacial score (nSPS) is 14.5. The summed E-state index contributed by atoms with van der Waals surface area (Å²) in [5.74, 6) is -1.12. The molecule has 15 heavy (non-hydrogen) atoms. The Morgan fingerprint density at radius 2 is 2.13 bits per heavy atom. The summed E-state index contributed by atoms with van der Waals surface area (Å²) in [6.45, 7) is 0. The second kappa shape index (κ2) is 2.66. The molecule has 6 heteroatoms. The first-order valence-corrected chi connectivity index (χ1v) is 4.99. The number of hydrogen-bond donors (Lipinski definition) is 2. The van der Waals surface area contributed by atoms with Gasteiger partial charge in [0, 0.05) is 9.86 Å². The predicted molar refractivity (Wildman–Crippen MR) is 56.8 cm³/mol. The van der Waals surface area contributed by atoms with E-state index in [1.807, 2.05) is 0 Å². The zero-order valence-electron chi connectivity index (χ0n) is 7.30. The van der Waals surface area contributed by atoms with Gasteiger partial charge in [0.15, 0.2) is 0 Å². The molecule has 0 spiro atoms. The zero-order chi connectivity index (χ0) is 10.6. The number of hydrogen-bond acceptors (Lipinski definition) is 3. The summed E-state index contributed by atoms with van der Waals surface area (Å²) in [4.78, 5) is 22.7. The van der Waals surface area contributed by atoms with Crippen LogP contribution in [-0.4, -0.2) is 21.9 Å². The number of benzene rings is 1. The van der Waals surface area contributed by atoms with E-state index in [0.717, 1.165) is 9.86 Å². The van der Waals surface area contributed by atoms with Crippen LogP contribution in [-0.2, 0) is 4.79 Å². The number of nitrogens with one attached hydrogen (secondary N) is 2. The molecule has 0 bridgehead atoms. The SMILES string of the molecule is O=C1Nc2cc(Br)c3cn[nH]c3c2C1=O. The molecule has 1 aliphatic heterocycles. The second-order valence-corrected chi connectivity index (χ2v) is 4.08. The summed E-state index contributed by atoms with van der Waals surface area (Å²) in [5.41, 5.74) is 1.48. The molecule has 1 aliphatic rings. The molecule has 0 unspecified atom stereocenters. The molecular weight excluding hydrogens is 262 g/mol. The number of carbonyl (C=O) groups excluding carboxylic acids is 2. The van der Waals surface area contributed by atoms with Gasteiger partial charge in [-0.3, -0.25) is 14.7 Å². The van der Waals surface area contributed by atoms with Gasteiger partial charge in [0.2, 0.25) is 0 Å². The Bertz CT molecular complexity index is 617. The number of fused-ring (bicyclic) bond motifs is 3. The highest BCUT2D eigenvalue weighted by atomic mass is 79.9. The first-order valence-electron chi connectivity index (χ1n) is 4.20. The number of ketones is 1. The van der Waals surface area contributed by atoms with Crippen LogP contribution in [0.5, 0.6) is 0 Å². The lowest BCUT2D eigenvalue weighted by molar-refractivity contribution is -0.112. The molecule has 0 saturated carbocycles. The minimum atomic E-state index is -0.598. The topological polar surface area (TPSA) is 74.8 Å². The highest BCUT2D eigenvalue weighted by Gasteiger charge is 2.31. The molecule has 0 atom stereocenters. The third-order valence-electron chi connectivity index (χ3n) is 2.37. The van der Waals surface area contributed by atoms with Gasteiger partial charge in [0.05, 0.1) is 23.0 Å². The molecule has 0 fully saturated rings. The highest BCUT2D eigenvalue weighted by molar-refractivity contribution is 9.10. The van der Waals surface area contributed by atoms with Crippen LogP contribution in [0.25, 0.3) is 10.9 Å². The standard InChI is InChI=1S/C9H4BrN3O2/c10-4-1-5-6(8(14)9(15)12-5)7-3(4)2-11-13-7/h1-2H,(H,11,13)(H,12,14,15). The first-order chi connectivity index (χ1) is 7.18. The zero-order valence-corrected chi connectivity index (χ0v) is 8.88. The number of amides is 1. The van der Waals surface area contributed by atoms with Crippen molar-refractivity contribution in [1.29, 1.82) is 0 Å². The fourth-order valence-electron chi connectivity index (χ4n) is 1.70. The number of rotatable bonds is 0. The van der Waals surface area contributed by atoms with Gasteiger partial charge >= 0.3 is 0 Å². The average molecular weight is 266 g/mol. The van der Waals surface area contributed by atoms with E-state index in [9.17, 15) is 9.59 Å². The largest absolute Gasteiger partial charge is 0.318 e. The van der Waals surface area contributed by atoms with Gasteiger partial charge in [-0.1, -0.05) is 0 Å². The van der Waals surface area contributed by atoms with Crippen molar-refractivity contribution in [2.45, 2.75) is 0 Å². The van der Waals surface area contributed by atoms with Crippen LogP contribution >= 0.6 is 15.9 Å². The average Bonchev–Trinajstić information content (AvgIpc) is 2.74. The number of carbonyl (C=O) groups is 2. The van der Waals surface area contributed by atoms with Gasteiger partial charge in [-0.25, -0.2) is 0 Å². The fraction of sp³-hybridized carbons (Fsp3) is 0. The summed E-state index contributed by atoms with van der Waals surface area (Å²) in [6, 6.07) is 1.70. The van der Waals surface area contributed by atoms with E-state index < -0.39 is 11.7 Å². The van der Waals surface area contributed by atoms with Crippen molar-refractivity contribution >= 4 is 44.2 Å². The fourth-order valence-corrected chi connectivity index (χ4v) is 2.23. The minimum absolute atomic E-state index is 0.371. The van der Waals surface area contributed by atoms with Crippen molar-refractivity contribution in [3.8, 4) is 0 Å². The van der Waals surface area contributed by atoms with Crippen LogP contribution in [0, 0.1) is 0 Å². The molecule has 2 aromatic rings. The van der Waals surface area contributed by atoms with Crippen LogP contribution in [0.3, 0.4) is 0 Å². The number of aromatic amines is 1. The molecule has 74 valence electrons. The van der Waals surface area contributed by atoms with E-state index in [1.165, 1.54) is 0 Å². The molecule has 1 aromatic heterocycles. The lowest BCUT2D eigenvalue weighted by Gasteiger charge is -1.99. The van der Waals surface area contributed by atoms with Gasteiger partial charge in [0.1, 0.15) is 0 Å². The molecule has 1 aromatic carbocycles. The van der Waals surface area contributed by atoms with Crippen LogP contribution in [0.15, 0.2) is 16.7 Å². The van der Waals surface area contributed by atoms with Crippen LogP contribution in [0.4, 0.5) is 5.69 Å². The molecular formula is C9H4BrN3O2. The van der Waals surface area contributed by atoms with E-state index >= 15 is 0 Å². The molecule has 2 N–H and O–H groups in total. The molecule has 0 radical (unpaired) electrons. The number of halogens is 1. The number of Topliss-reactive ketones (excluding diaryl/α,β-unsaturated/α-hetero) is 1. The molecule has 5 nitrogen and oxygen atoms in total. The van der Waals surface area contributed by atoms with Crippen molar-refractivity contribution in [2.24, 2.45) is 0 Å². The lowest BCUT2D eigenvalue weighted by atomic mass is 10.1. The number of anilines is 1. The van der Waals surface area contributed by atoms with E-state index in [2.05, 4.69) is 31.4 Å².